The average Bonchev–Trinajstić information content (AvgIpc) is 0.808. The molecule has 0 aromatic heterocycles. The Labute approximate surface area is 608 Å². The molecule has 0 bridgehead atoms. The number of carbonyl (C=O) groups excluding carboxylic acids is 6. The van der Waals surface area contributed by atoms with Crippen molar-refractivity contribution >= 4 is 76.0 Å². The van der Waals surface area contributed by atoms with E-state index in [4.69, 9.17) is 51.9 Å². The highest BCUT2D eigenvalue weighted by atomic mass is 35.5. The molecule has 6 heterocycles. The van der Waals surface area contributed by atoms with E-state index in [9.17, 15) is 28.8 Å². The molecular formula is C81H106Cl2N6O12. The standard InChI is InChI=1S/2C27H35ClN2O4.C27H36N2O4/c2*1-19-11-7-4-5-10-14-33-27(32)25-20(2)16-21(3)26(28)23(25)17-22(15-19)29-34-18-24(31)30-12-8-6-9-13-30;1-20-11-7-4-5-10-14-32-27(31)26-22(3)15-21(2)16-23(26)18-24(17-20)28-33-19-25(30)29-12-8-6-9-13-29/h2*4-5,15-16H,6-14,17-18H2,1-3H3;4-5,15-17H,6-14,18-19H2,1-3H3/b5-4+,19-15+,29-22+;5-4+,19-15+,29-22-;5-4+,20-17+,28-24-. The van der Waals surface area contributed by atoms with E-state index in [0.717, 1.165) is 179 Å². The van der Waals surface area contributed by atoms with Gasteiger partial charge in [-0.15, -0.1) is 0 Å². The molecule has 20 heteroatoms. The molecule has 0 radical (unpaired) electrons. The number of rotatable bonds is 9. The quantitative estimate of drug-likeness (QED) is 0.0849. The lowest BCUT2D eigenvalue weighted by molar-refractivity contribution is -0.137. The molecular weight excluding hydrogens is 1320 g/mol. The average molecular weight is 1430 g/mol. The van der Waals surface area contributed by atoms with Crippen LogP contribution in [0.15, 0.2) is 111 Å². The van der Waals surface area contributed by atoms with Gasteiger partial charge in [-0.2, -0.15) is 0 Å². The molecule has 18 nitrogen and oxygen atoms in total. The summed E-state index contributed by atoms with van der Waals surface area (Å²) in [7, 11) is 0. The third-order valence-electron chi connectivity index (χ3n) is 18.4. The topological polar surface area (TPSA) is 205 Å². The van der Waals surface area contributed by atoms with Gasteiger partial charge >= 0.3 is 17.9 Å². The minimum atomic E-state index is -0.388. The van der Waals surface area contributed by atoms with Gasteiger partial charge in [0.25, 0.3) is 17.7 Å². The highest BCUT2D eigenvalue weighted by Crippen LogP contribution is 2.32. The van der Waals surface area contributed by atoms with E-state index in [1.165, 1.54) is 12.0 Å². The Morgan fingerprint density at radius 2 is 0.703 bits per heavy atom. The molecule has 0 aliphatic carbocycles. The van der Waals surface area contributed by atoms with E-state index in [2.05, 4.69) is 46.7 Å². The summed E-state index contributed by atoms with van der Waals surface area (Å²) in [6.45, 7) is 23.1. The molecule has 101 heavy (non-hydrogen) atoms. The monoisotopic (exact) mass is 1420 g/mol. The lowest BCUT2D eigenvalue weighted by Gasteiger charge is -2.26. The van der Waals surface area contributed by atoms with Crippen molar-refractivity contribution in [1.82, 2.24) is 14.7 Å². The molecule has 546 valence electrons. The third-order valence-corrected chi connectivity index (χ3v) is 19.4. The summed E-state index contributed by atoms with van der Waals surface area (Å²) in [4.78, 5) is 98.4. The molecule has 0 atom stereocenters. The van der Waals surface area contributed by atoms with E-state index in [-0.39, 0.29) is 55.5 Å². The number of oxime groups is 3. The summed E-state index contributed by atoms with van der Waals surface area (Å²) in [6, 6.07) is 7.80. The summed E-state index contributed by atoms with van der Waals surface area (Å²) < 4.78 is 16.6. The summed E-state index contributed by atoms with van der Waals surface area (Å²) >= 11 is 13.4. The van der Waals surface area contributed by atoms with Crippen LogP contribution in [0.2, 0.25) is 10.0 Å². The van der Waals surface area contributed by atoms with Crippen molar-refractivity contribution in [2.24, 2.45) is 15.5 Å². The Morgan fingerprint density at radius 3 is 1.05 bits per heavy atom. The Hall–Kier alpha value is -8.09. The van der Waals surface area contributed by atoms with Crippen LogP contribution < -0.4 is 0 Å². The summed E-state index contributed by atoms with van der Waals surface area (Å²) in [5.74, 6) is -1.22. The van der Waals surface area contributed by atoms with Gasteiger partial charge in [-0.1, -0.05) is 122 Å². The van der Waals surface area contributed by atoms with Gasteiger partial charge in [0.2, 0.25) is 0 Å². The van der Waals surface area contributed by atoms with Crippen LogP contribution >= 0.6 is 23.2 Å². The maximum absolute atomic E-state index is 13.0. The predicted molar refractivity (Wildman–Crippen MR) is 401 cm³/mol. The van der Waals surface area contributed by atoms with Crippen molar-refractivity contribution in [2.45, 2.75) is 197 Å². The first-order valence-electron chi connectivity index (χ1n) is 36.2. The largest absolute Gasteiger partial charge is 0.462 e. The van der Waals surface area contributed by atoms with Crippen LogP contribution in [0.4, 0.5) is 0 Å². The van der Waals surface area contributed by atoms with E-state index in [1.54, 1.807) is 0 Å². The second-order valence-corrected chi connectivity index (χ2v) is 27.9. The minimum Gasteiger partial charge on any atom is -0.462 e. The molecule has 3 aromatic rings. The van der Waals surface area contributed by atoms with Crippen LogP contribution in [-0.4, -0.2) is 146 Å². The smallest absolute Gasteiger partial charge is 0.338 e. The summed E-state index contributed by atoms with van der Waals surface area (Å²) in [5, 5.41) is 14.0. The molecule has 0 saturated carbocycles. The lowest BCUT2D eigenvalue weighted by Crippen LogP contribution is -2.37. The van der Waals surface area contributed by atoms with Crippen molar-refractivity contribution in [3.05, 3.63) is 172 Å². The fraction of sp³-hybridized carbons (Fsp3) is 0.519. The number of hydrogen-bond donors (Lipinski definition) is 0. The van der Waals surface area contributed by atoms with E-state index in [0.29, 0.717) is 113 Å². The molecule has 6 aliphatic heterocycles. The van der Waals surface area contributed by atoms with Crippen LogP contribution in [0.1, 0.15) is 217 Å². The van der Waals surface area contributed by atoms with Crippen LogP contribution in [0, 0.1) is 41.5 Å². The van der Waals surface area contributed by atoms with Gasteiger partial charge in [0, 0.05) is 68.6 Å². The zero-order chi connectivity index (χ0) is 72.6. The molecule has 0 spiro atoms. The summed E-state index contributed by atoms with van der Waals surface area (Å²) in [6.07, 6.45) is 36.5. The summed E-state index contributed by atoms with van der Waals surface area (Å²) in [5.41, 5.74) is 14.5. The maximum Gasteiger partial charge on any atom is 0.338 e. The molecule has 0 unspecified atom stereocenters. The van der Waals surface area contributed by atoms with E-state index >= 15 is 0 Å². The normalized spacial score (nSPS) is 21.7. The Kier molecular flexibility index (Phi) is 33.6. The van der Waals surface area contributed by atoms with Gasteiger partial charge in [-0.05, 0) is 241 Å². The number of aryl methyl sites for hydroxylation is 6. The first-order valence-corrected chi connectivity index (χ1v) is 37.0. The first-order chi connectivity index (χ1) is 48.7. The number of likely N-dealkylation sites (tertiary alicyclic amines) is 3. The molecule has 3 fully saturated rings. The van der Waals surface area contributed by atoms with Crippen molar-refractivity contribution in [3.63, 3.8) is 0 Å². The van der Waals surface area contributed by atoms with Crippen LogP contribution in [-0.2, 0) is 62.4 Å². The number of hydrogen-bond acceptors (Lipinski definition) is 15. The molecule has 6 aliphatic rings. The van der Waals surface area contributed by atoms with E-state index in [1.807, 2.05) is 125 Å². The van der Waals surface area contributed by atoms with Crippen molar-refractivity contribution in [1.29, 1.82) is 0 Å². The number of piperidine rings is 3. The number of benzene rings is 3. The zero-order valence-electron chi connectivity index (χ0n) is 61.2. The highest BCUT2D eigenvalue weighted by Gasteiger charge is 2.26. The van der Waals surface area contributed by atoms with Gasteiger partial charge < -0.3 is 43.4 Å². The predicted octanol–water partition coefficient (Wildman–Crippen LogP) is 16.5. The molecule has 9 rings (SSSR count). The molecule has 3 aromatic carbocycles. The number of cyclic esters (lactones) is 3. The second kappa shape index (κ2) is 42.4. The number of ether oxygens (including phenoxy) is 3. The van der Waals surface area contributed by atoms with Gasteiger partial charge in [-0.3, -0.25) is 14.4 Å². The third kappa shape index (κ3) is 26.4. The van der Waals surface area contributed by atoms with Crippen molar-refractivity contribution in [3.8, 4) is 0 Å². The van der Waals surface area contributed by atoms with Gasteiger partial charge in [0.05, 0.1) is 53.6 Å². The van der Waals surface area contributed by atoms with Crippen molar-refractivity contribution in [2.75, 3.05) is 78.9 Å². The molecule has 0 N–H and O–H groups in total. The molecule has 3 amide bonds. The fourth-order valence-corrected chi connectivity index (χ4v) is 13.6. The number of allylic oxidation sites excluding steroid dienone is 9. The van der Waals surface area contributed by atoms with Crippen LogP contribution in [0.5, 0.6) is 0 Å². The number of carbonyl (C=O) groups is 6. The van der Waals surface area contributed by atoms with Gasteiger partial charge in [0.15, 0.2) is 19.8 Å². The van der Waals surface area contributed by atoms with Crippen LogP contribution in [0.25, 0.3) is 0 Å². The second-order valence-electron chi connectivity index (χ2n) is 27.2. The number of fused-ring (bicyclic) bond motifs is 3. The van der Waals surface area contributed by atoms with Gasteiger partial charge in [-0.25, -0.2) is 14.4 Å². The number of nitrogens with zero attached hydrogens (tertiary/aromatic N) is 6. The highest BCUT2D eigenvalue weighted by molar-refractivity contribution is 6.33. The Balaban J connectivity index is 0.000000213. The minimum absolute atomic E-state index is 0.0264. The van der Waals surface area contributed by atoms with E-state index < -0.39 is 0 Å². The fourth-order valence-electron chi connectivity index (χ4n) is 13.2. The zero-order valence-corrected chi connectivity index (χ0v) is 62.7. The Bertz CT molecular complexity index is 3510. The van der Waals surface area contributed by atoms with Gasteiger partial charge in [0.1, 0.15) is 0 Å². The number of amides is 3. The lowest BCUT2D eigenvalue weighted by atomic mass is 9.94. The van der Waals surface area contributed by atoms with Crippen LogP contribution in [0.3, 0.4) is 0 Å². The number of esters is 3. The Morgan fingerprint density at radius 1 is 0.396 bits per heavy atom. The SMILES string of the molecule is C/C1=C\C(=N/OCC(=O)N2CCCCC2)Cc2c(Cl)c(C)cc(C)c2C(=O)OCC/C=C/CC1.C/C1=C\C(=N\OCC(=O)N2CCCCC2)Cc2c(Cl)c(C)cc(C)c2C(=O)OCC/C=C/CC1.C/C1=C\C(=N\OCC(=O)N2CCCCC2)Cc2cc(C)cc(C)c2C(=O)OCC/C=C/CC1. The molecule has 3 saturated heterocycles. The maximum atomic E-state index is 13.0. The first kappa shape index (κ1) is 80.2. The van der Waals surface area contributed by atoms with Crippen molar-refractivity contribution < 1.29 is 57.5 Å². The number of halogens is 2.